The summed E-state index contributed by atoms with van der Waals surface area (Å²) in [5.74, 6) is 0.882. The lowest BCUT2D eigenvalue weighted by molar-refractivity contribution is -0.161. The van der Waals surface area contributed by atoms with Crippen LogP contribution in [-0.4, -0.2) is 60.9 Å². The van der Waals surface area contributed by atoms with Gasteiger partial charge in [-0.05, 0) is 29.4 Å². The van der Waals surface area contributed by atoms with Crippen LogP contribution in [0.2, 0.25) is 5.02 Å². The molecule has 9 nitrogen and oxygen atoms in total. The number of benzene rings is 1. The van der Waals surface area contributed by atoms with Crippen LogP contribution in [0.25, 0.3) is 0 Å². The maximum absolute atomic E-state index is 12.7. The lowest BCUT2D eigenvalue weighted by Gasteiger charge is -2.42. The molecule has 1 aromatic heterocycles. The van der Waals surface area contributed by atoms with Gasteiger partial charge in [0.05, 0.1) is 26.7 Å². The fourth-order valence-electron chi connectivity index (χ4n) is 3.26. The number of nitrogens with zero attached hydrogens (tertiary/aromatic N) is 2. The maximum Gasteiger partial charge on any atom is 0.254 e. The van der Waals surface area contributed by atoms with Crippen LogP contribution in [0.15, 0.2) is 34.9 Å². The van der Waals surface area contributed by atoms with Crippen LogP contribution in [0, 0.1) is 0 Å². The number of carbonyl (C=O) groups is 2. The van der Waals surface area contributed by atoms with E-state index in [2.05, 4.69) is 5.16 Å². The molecule has 30 heavy (non-hydrogen) atoms. The van der Waals surface area contributed by atoms with Gasteiger partial charge >= 0.3 is 0 Å². The van der Waals surface area contributed by atoms with E-state index in [1.807, 2.05) is 0 Å². The van der Waals surface area contributed by atoms with Crippen LogP contribution in [0.3, 0.4) is 0 Å². The standard InChI is InChI=1S/C20H24ClN3O6/c1-27-18-10-16(30-23-18)6-7-19(26)24-8-9-29-20(12-24,11-17(22)25)13-28-15-4-2-14(21)3-5-15/h2-5,10H,6-9,11-13H2,1H3,(H2,22,25). The van der Waals surface area contributed by atoms with Gasteiger partial charge in [-0.2, -0.15) is 0 Å². The van der Waals surface area contributed by atoms with Crippen molar-refractivity contribution < 1.29 is 28.3 Å². The van der Waals surface area contributed by atoms with Gasteiger partial charge in [-0.25, -0.2) is 0 Å². The van der Waals surface area contributed by atoms with E-state index >= 15 is 0 Å². The highest BCUT2D eigenvalue weighted by atomic mass is 35.5. The number of carbonyl (C=O) groups excluding carboxylic acids is 2. The number of primary amides is 1. The van der Waals surface area contributed by atoms with Crippen molar-refractivity contribution in [3.05, 3.63) is 41.1 Å². The molecule has 0 spiro atoms. The summed E-state index contributed by atoms with van der Waals surface area (Å²) in [7, 11) is 1.49. The molecule has 162 valence electrons. The maximum atomic E-state index is 12.7. The normalized spacial score (nSPS) is 18.8. The summed E-state index contributed by atoms with van der Waals surface area (Å²) in [6, 6.07) is 8.49. The number of nitrogens with two attached hydrogens (primary N) is 1. The molecule has 2 amide bonds. The molecule has 1 aliphatic rings. The van der Waals surface area contributed by atoms with Crippen molar-refractivity contribution in [2.75, 3.05) is 33.4 Å². The van der Waals surface area contributed by atoms with Gasteiger partial charge in [-0.1, -0.05) is 11.6 Å². The van der Waals surface area contributed by atoms with Crippen molar-refractivity contribution in [1.82, 2.24) is 10.1 Å². The summed E-state index contributed by atoms with van der Waals surface area (Å²) in [6.45, 7) is 0.960. The van der Waals surface area contributed by atoms with Gasteiger partial charge in [-0.15, -0.1) is 0 Å². The molecule has 0 saturated carbocycles. The number of hydrogen-bond donors (Lipinski definition) is 1. The third-order valence-electron chi connectivity index (χ3n) is 4.74. The molecule has 2 N–H and O–H groups in total. The first-order valence-corrected chi connectivity index (χ1v) is 9.85. The first-order valence-electron chi connectivity index (χ1n) is 9.47. The van der Waals surface area contributed by atoms with E-state index in [9.17, 15) is 9.59 Å². The molecule has 10 heteroatoms. The van der Waals surface area contributed by atoms with Crippen molar-refractivity contribution in [2.45, 2.75) is 24.9 Å². The highest BCUT2D eigenvalue weighted by Gasteiger charge is 2.40. The van der Waals surface area contributed by atoms with E-state index in [1.54, 1.807) is 35.2 Å². The molecule has 1 saturated heterocycles. The van der Waals surface area contributed by atoms with Crippen molar-refractivity contribution in [1.29, 1.82) is 0 Å². The first-order chi connectivity index (χ1) is 14.4. The summed E-state index contributed by atoms with van der Waals surface area (Å²) < 4.78 is 21.8. The molecule has 1 fully saturated rings. The molecule has 2 heterocycles. The molecule has 1 aliphatic heterocycles. The number of amides is 2. The quantitative estimate of drug-likeness (QED) is 0.635. The number of methoxy groups -OCH3 is 1. The summed E-state index contributed by atoms with van der Waals surface area (Å²) >= 11 is 5.89. The fraction of sp³-hybridized carbons (Fsp3) is 0.450. The number of ether oxygens (including phenoxy) is 3. The van der Waals surface area contributed by atoms with Crippen molar-refractivity contribution in [3.8, 4) is 11.6 Å². The Morgan fingerprint density at radius 1 is 1.33 bits per heavy atom. The predicted octanol–water partition coefficient (Wildman–Crippen LogP) is 1.82. The number of aromatic nitrogens is 1. The number of rotatable bonds is 9. The Morgan fingerprint density at radius 2 is 2.10 bits per heavy atom. The van der Waals surface area contributed by atoms with Gasteiger partial charge in [0.25, 0.3) is 5.88 Å². The largest absolute Gasteiger partial charge is 0.490 e. The second-order valence-electron chi connectivity index (χ2n) is 7.07. The number of halogens is 1. The Labute approximate surface area is 179 Å². The Bertz CT molecular complexity index is 872. The van der Waals surface area contributed by atoms with E-state index in [0.29, 0.717) is 35.4 Å². The van der Waals surface area contributed by atoms with Crippen LogP contribution < -0.4 is 15.2 Å². The van der Waals surface area contributed by atoms with Crippen molar-refractivity contribution >= 4 is 23.4 Å². The molecule has 0 radical (unpaired) electrons. The Kier molecular flexibility index (Phi) is 7.17. The minimum atomic E-state index is -1.02. The predicted molar refractivity (Wildman–Crippen MR) is 107 cm³/mol. The van der Waals surface area contributed by atoms with Gasteiger partial charge in [-0.3, -0.25) is 9.59 Å². The number of hydrogen-bond acceptors (Lipinski definition) is 7. The summed E-state index contributed by atoms with van der Waals surface area (Å²) in [5, 5.41) is 4.31. The number of aryl methyl sites for hydroxylation is 1. The SMILES string of the molecule is COc1cc(CCC(=O)N2CCOC(COc3ccc(Cl)cc3)(CC(N)=O)C2)on1. The average molecular weight is 438 g/mol. The third-order valence-corrected chi connectivity index (χ3v) is 5.00. The molecular formula is C20H24ClN3O6. The van der Waals surface area contributed by atoms with Gasteiger partial charge in [0, 0.05) is 30.5 Å². The lowest BCUT2D eigenvalue weighted by atomic mass is 9.97. The summed E-state index contributed by atoms with van der Waals surface area (Å²) in [6.07, 6.45) is 0.545. The Balaban J connectivity index is 1.62. The molecule has 0 bridgehead atoms. The van der Waals surface area contributed by atoms with Crippen molar-refractivity contribution in [2.24, 2.45) is 5.73 Å². The second-order valence-corrected chi connectivity index (χ2v) is 7.50. The van der Waals surface area contributed by atoms with Crippen LogP contribution in [0.1, 0.15) is 18.6 Å². The van der Waals surface area contributed by atoms with E-state index < -0.39 is 11.5 Å². The Morgan fingerprint density at radius 3 is 2.77 bits per heavy atom. The van der Waals surface area contributed by atoms with Crippen LogP contribution in [0.5, 0.6) is 11.6 Å². The molecule has 1 unspecified atom stereocenters. The minimum absolute atomic E-state index is 0.0658. The summed E-state index contributed by atoms with van der Waals surface area (Å²) in [4.78, 5) is 26.1. The zero-order valence-corrected chi connectivity index (χ0v) is 17.4. The molecule has 3 rings (SSSR count). The molecular weight excluding hydrogens is 414 g/mol. The Hall–Kier alpha value is -2.78. The average Bonchev–Trinajstić information content (AvgIpc) is 3.19. The van der Waals surface area contributed by atoms with Gasteiger partial charge in [0.1, 0.15) is 23.7 Å². The third kappa shape index (κ3) is 5.87. The van der Waals surface area contributed by atoms with E-state index in [1.165, 1.54) is 7.11 Å². The monoisotopic (exact) mass is 437 g/mol. The van der Waals surface area contributed by atoms with Gasteiger partial charge < -0.3 is 29.4 Å². The van der Waals surface area contributed by atoms with Crippen molar-refractivity contribution in [3.63, 3.8) is 0 Å². The first kappa shape index (κ1) is 21.9. The van der Waals surface area contributed by atoms with Crippen LogP contribution in [-0.2, 0) is 20.7 Å². The zero-order chi connectivity index (χ0) is 21.6. The highest BCUT2D eigenvalue weighted by molar-refractivity contribution is 6.30. The second kappa shape index (κ2) is 9.82. The van der Waals surface area contributed by atoms with Crippen LogP contribution >= 0.6 is 11.6 Å². The highest BCUT2D eigenvalue weighted by Crippen LogP contribution is 2.25. The lowest BCUT2D eigenvalue weighted by Crippen LogP contribution is -2.58. The topological polar surface area (TPSA) is 117 Å². The van der Waals surface area contributed by atoms with Crippen LogP contribution in [0.4, 0.5) is 0 Å². The van der Waals surface area contributed by atoms with E-state index in [-0.39, 0.29) is 38.5 Å². The molecule has 1 atom stereocenters. The van der Waals surface area contributed by atoms with Gasteiger partial charge in [0.15, 0.2) is 0 Å². The summed E-state index contributed by atoms with van der Waals surface area (Å²) in [5.41, 5.74) is 4.42. The molecule has 0 aliphatic carbocycles. The smallest absolute Gasteiger partial charge is 0.254 e. The zero-order valence-electron chi connectivity index (χ0n) is 16.6. The molecule has 2 aromatic rings. The molecule has 1 aromatic carbocycles. The fourth-order valence-corrected chi connectivity index (χ4v) is 3.39. The van der Waals surface area contributed by atoms with E-state index in [4.69, 9.17) is 36.1 Å². The van der Waals surface area contributed by atoms with Gasteiger partial charge in [0.2, 0.25) is 11.8 Å². The number of morpholine rings is 1. The van der Waals surface area contributed by atoms with E-state index in [0.717, 1.165) is 0 Å². The minimum Gasteiger partial charge on any atom is -0.490 e.